The van der Waals surface area contributed by atoms with Gasteiger partial charge in [0.15, 0.2) is 5.82 Å². The number of amides is 1. The largest absolute Gasteiger partial charge is 0.481 e. The zero-order chi connectivity index (χ0) is 14.5. The van der Waals surface area contributed by atoms with Gasteiger partial charge in [0.05, 0.1) is 5.92 Å². The number of hydrogen-bond acceptors (Lipinski definition) is 5. The lowest BCUT2D eigenvalue weighted by molar-refractivity contribution is -0.144. The van der Waals surface area contributed by atoms with Crippen molar-refractivity contribution in [1.29, 1.82) is 0 Å². The fourth-order valence-corrected chi connectivity index (χ4v) is 2.53. The Hall–Kier alpha value is -1.92. The van der Waals surface area contributed by atoms with Crippen molar-refractivity contribution in [3.8, 4) is 0 Å². The molecule has 7 nitrogen and oxygen atoms in total. The van der Waals surface area contributed by atoms with E-state index in [-0.39, 0.29) is 11.8 Å². The van der Waals surface area contributed by atoms with E-state index >= 15 is 0 Å². The molecule has 2 atom stereocenters. The highest BCUT2D eigenvalue weighted by Crippen LogP contribution is 2.29. The van der Waals surface area contributed by atoms with Crippen molar-refractivity contribution in [2.75, 3.05) is 6.54 Å². The highest BCUT2D eigenvalue weighted by atomic mass is 16.5. The average Bonchev–Trinajstić information content (AvgIpc) is 2.84. The highest BCUT2D eigenvalue weighted by molar-refractivity contribution is 5.80. The molecule has 1 aromatic heterocycles. The minimum absolute atomic E-state index is 0.0767. The first kappa shape index (κ1) is 14.5. The zero-order valence-corrected chi connectivity index (χ0v) is 11.5. The summed E-state index contributed by atoms with van der Waals surface area (Å²) in [5.41, 5.74) is 0. The Bertz CT molecular complexity index is 486. The molecule has 2 rings (SSSR count). The Morgan fingerprint density at radius 1 is 1.40 bits per heavy atom. The molecule has 7 heteroatoms. The van der Waals surface area contributed by atoms with Crippen LogP contribution in [0.1, 0.15) is 37.4 Å². The quantitative estimate of drug-likeness (QED) is 0.831. The van der Waals surface area contributed by atoms with Gasteiger partial charge < -0.3 is 14.9 Å². The molecule has 1 aliphatic rings. The molecule has 1 amide bonds. The molecule has 1 aromatic rings. The summed E-state index contributed by atoms with van der Waals surface area (Å²) in [5, 5.41) is 15.5. The van der Waals surface area contributed by atoms with Crippen LogP contribution in [-0.4, -0.2) is 33.7 Å². The van der Waals surface area contributed by atoms with Gasteiger partial charge in [-0.1, -0.05) is 11.6 Å². The molecule has 0 aliphatic heterocycles. The number of carboxylic acid groups (broad SMARTS) is 1. The van der Waals surface area contributed by atoms with E-state index in [1.807, 2.05) is 0 Å². The van der Waals surface area contributed by atoms with Crippen molar-refractivity contribution in [3.63, 3.8) is 0 Å². The number of carbonyl (C=O) groups excluding carboxylic acids is 1. The third-order valence-electron chi connectivity index (χ3n) is 3.60. The molecule has 20 heavy (non-hydrogen) atoms. The lowest BCUT2D eigenvalue weighted by Gasteiger charge is -2.25. The fourth-order valence-electron chi connectivity index (χ4n) is 2.53. The third-order valence-corrected chi connectivity index (χ3v) is 3.60. The molecule has 0 spiro atoms. The lowest BCUT2D eigenvalue weighted by Crippen LogP contribution is -2.36. The van der Waals surface area contributed by atoms with Gasteiger partial charge in [0, 0.05) is 18.9 Å². The molecular weight excluding hydrogens is 262 g/mol. The number of aromatic nitrogens is 2. The van der Waals surface area contributed by atoms with Crippen LogP contribution in [0.4, 0.5) is 0 Å². The minimum Gasteiger partial charge on any atom is -0.481 e. The normalized spacial score (nSPS) is 22.4. The number of aliphatic carboxylic acids is 1. The molecule has 1 heterocycles. The highest BCUT2D eigenvalue weighted by Gasteiger charge is 2.30. The second-order valence-electron chi connectivity index (χ2n) is 5.18. The van der Waals surface area contributed by atoms with Crippen LogP contribution in [0.3, 0.4) is 0 Å². The van der Waals surface area contributed by atoms with Crippen LogP contribution in [0.15, 0.2) is 4.52 Å². The molecular formula is C13H19N3O4. The van der Waals surface area contributed by atoms with Gasteiger partial charge >= 0.3 is 5.97 Å². The van der Waals surface area contributed by atoms with Crippen LogP contribution in [0.2, 0.25) is 0 Å². The summed E-state index contributed by atoms with van der Waals surface area (Å²) in [6.45, 7) is 2.16. The minimum atomic E-state index is -0.802. The van der Waals surface area contributed by atoms with Gasteiger partial charge in [-0.25, -0.2) is 0 Å². The molecule has 1 aliphatic carbocycles. The smallest absolute Gasteiger partial charge is 0.306 e. The van der Waals surface area contributed by atoms with Crippen LogP contribution in [0.25, 0.3) is 0 Å². The summed E-state index contributed by atoms with van der Waals surface area (Å²) in [5.74, 6) is -0.402. The number of aryl methyl sites for hydroxylation is 1. The number of carbonyl (C=O) groups is 2. The van der Waals surface area contributed by atoms with Gasteiger partial charge in [-0.2, -0.15) is 4.98 Å². The second kappa shape index (κ2) is 6.49. The van der Waals surface area contributed by atoms with Gasteiger partial charge in [-0.05, 0) is 26.2 Å². The summed E-state index contributed by atoms with van der Waals surface area (Å²) < 4.78 is 4.95. The number of nitrogens with one attached hydrogen (secondary N) is 1. The van der Waals surface area contributed by atoms with Crippen LogP contribution in [-0.2, 0) is 16.0 Å². The van der Waals surface area contributed by atoms with E-state index in [2.05, 4.69) is 15.5 Å². The maximum absolute atomic E-state index is 12.0. The topological polar surface area (TPSA) is 105 Å². The Labute approximate surface area is 116 Å². The fraction of sp³-hybridized carbons (Fsp3) is 0.692. The summed E-state index contributed by atoms with van der Waals surface area (Å²) in [7, 11) is 0. The summed E-state index contributed by atoms with van der Waals surface area (Å²) in [6, 6.07) is 0. The monoisotopic (exact) mass is 281 g/mol. The molecule has 1 fully saturated rings. The van der Waals surface area contributed by atoms with Crippen LogP contribution >= 0.6 is 0 Å². The summed E-state index contributed by atoms with van der Waals surface area (Å²) >= 11 is 0. The van der Waals surface area contributed by atoms with Gasteiger partial charge in [0.25, 0.3) is 0 Å². The first-order chi connectivity index (χ1) is 9.56. The number of carboxylic acids is 1. The summed E-state index contributed by atoms with van der Waals surface area (Å²) in [6.07, 6.45) is 3.13. The molecule has 0 bridgehead atoms. The van der Waals surface area contributed by atoms with Gasteiger partial charge in [0.2, 0.25) is 11.8 Å². The van der Waals surface area contributed by atoms with E-state index in [4.69, 9.17) is 9.63 Å². The third kappa shape index (κ3) is 3.79. The first-order valence-electron chi connectivity index (χ1n) is 6.86. The lowest BCUT2D eigenvalue weighted by atomic mass is 9.81. The Morgan fingerprint density at radius 2 is 2.15 bits per heavy atom. The van der Waals surface area contributed by atoms with Gasteiger partial charge in [-0.15, -0.1) is 0 Å². The van der Waals surface area contributed by atoms with Crippen molar-refractivity contribution in [2.24, 2.45) is 11.8 Å². The van der Waals surface area contributed by atoms with E-state index in [0.29, 0.717) is 37.5 Å². The van der Waals surface area contributed by atoms with E-state index in [0.717, 1.165) is 12.8 Å². The zero-order valence-electron chi connectivity index (χ0n) is 11.5. The standard InChI is InChI=1S/C13H19N3O4/c1-8-15-11(20-16-8)5-6-14-12(17)9-3-2-4-10(7-9)13(18)19/h9-10H,2-7H2,1H3,(H,14,17)(H,18,19). The molecule has 0 aromatic carbocycles. The first-order valence-corrected chi connectivity index (χ1v) is 6.86. The van der Waals surface area contributed by atoms with Crippen molar-refractivity contribution in [2.45, 2.75) is 39.0 Å². The van der Waals surface area contributed by atoms with Crippen LogP contribution in [0.5, 0.6) is 0 Å². The van der Waals surface area contributed by atoms with Gasteiger partial charge in [0.1, 0.15) is 0 Å². The molecule has 0 saturated heterocycles. The Kier molecular flexibility index (Phi) is 4.70. The number of nitrogens with zero attached hydrogens (tertiary/aromatic N) is 2. The molecule has 0 radical (unpaired) electrons. The predicted molar refractivity (Wildman–Crippen MR) is 68.8 cm³/mol. The Balaban J connectivity index is 1.75. The van der Waals surface area contributed by atoms with Crippen LogP contribution < -0.4 is 5.32 Å². The maximum Gasteiger partial charge on any atom is 0.306 e. The molecule has 1 saturated carbocycles. The Morgan fingerprint density at radius 3 is 2.80 bits per heavy atom. The number of rotatable bonds is 5. The van der Waals surface area contributed by atoms with Crippen molar-refractivity contribution in [3.05, 3.63) is 11.7 Å². The molecule has 2 unspecified atom stereocenters. The SMILES string of the molecule is Cc1noc(CCNC(=O)C2CCCC(C(=O)O)C2)n1. The molecule has 110 valence electrons. The van der Waals surface area contributed by atoms with Crippen molar-refractivity contribution < 1.29 is 19.2 Å². The van der Waals surface area contributed by atoms with Gasteiger partial charge in [-0.3, -0.25) is 9.59 Å². The van der Waals surface area contributed by atoms with Crippen LogP contribution in [0, 0.1) is 18.8 Å². The second-order valence-corrected chi connectivity index (χ2v) is 5.18. The average molecular weight is 281 g/mol. The van der Waals surface area contributed by atoms with Crippen molar-refractivity contribution in [1.82, 2.24) is 15.5 Å². The van der Waals surface area contributed by atoms with E-state index < -0.39 is 11.9 Å². The molecule has 2 N–H and O–H groups in total. The predicted octanol–water partition coefficient (Wildman–Crippen LogP) is 0.928. The van der Waals surface area contributed by atoms with Crippen molar-refractivity contribution >= 4 is 11.9 Å². The maximum atomic E-state index is 12.0. The summed E-state index contributed by atoms with van der Waals surface area (Å²) in [4.78, 5) is 27.0. The van der Waals surface area contributed by atoms with E-state index in [1.54, 1.807) is 6.92 Å². The number of hydrogen-bond donors (Lipinski definition) is 2. The van der Waals surface area contributed by atoms with E-state index in [9.17, 15) is 9.59 Å². The van der Waals surface area contributed by atoms with E-state index in [1.165, 1.54) is 0 Å².